The first kappa shape index (κ1) is 25.9. The summed E-state index contributed by atoms with van der Waals surface area (Å²) in [6.45, 7) is 2.38. The molecule has 1 aliphatic heterocycles. The first-order chi connectivity index (χ1) is 18.5. The van der Waals surface area contributed by atoms with Gasteiger partial charge in [-0.25, -0.2) is 0 Å². The van der Waals surface area contributed by atoms with Crippen LogP contribution in [0.25, 0.3) is 5.76 Å². The standard InChI is InChI=1S/C27H21ClN4O4S2/c1-2-36-19-9-7-16(8-10-19)22-21(23(33)17-11-13-29-14-12-17)24(34)25(35)32(22)26-30-31-27(38-26)37-15-18-5-3-4-6-20(18)28/h3-14,22,33H,2,15H2,1H3/b23-21+. The molecular formula is C27H21ClN4O4S2. The lowest BCUT2D eigenvalue weighted by Crippen LogP contribution is -2.29. The van der Waals surface area contributed by atoms with Crippen LogP contribution in [0.3, 0.4) is 0 Å². The number of aliphatic hydroxyl groups excluding tert-OH is 1. The fraction of sp³-hybridized carbons (Fsp3) is 0.148. The molecule has 1 amide bonds. The SMILES string of the molecule is CCOc1ccc(C2/C(=C(\O)c3ccncc3)C(=O)C(=O)N2c2nnc(SCc3ccccc3Cl)s2)cc1. The molecule has 11 heteroatoms. The number of thioether (sulfide) groups is 1. The van der Waals surface area contributed by atoms with Gasteiger partial charge in [0.1, 0.15) is 11.5 Å². The van der Waals surface area contributed by atoms with Gasteiger partial charge in [0.15, 0.2) is 4.34 Å². The third kappa shape index (κ3) is 5.15. The van der Waals surface area contributed by atoms with Crippen molar-refractivity contribution in [3.05, 3.63) is 100 Å². The molecule has 1 fully saturated rings. The molecule has 1 N–H and O–H groups in total. The van der Waals surface area contributed by atoms with Gasteiger partial charge in [-0.15, -0.1) is 10.2 Å². The van der Waals surface area contributed by atoms with Crippen LogP contribution in [-0.2, 0) is 15.3 Å². The molecule has 1 atom stereocenters. The van der Waals surface area contributed by atoms with Crippen LogP contribution in [0.5, 0.6) is 5.75 Å². The summed E-state index contributed by atoms with van der Waals surface area (Å²) in [6, 6.07) is 16.8. The maximum Gasteiger partial charge on any atom is 0.301 e. The minimum Gasteiger partial charge on any atom is -0.507 e. The van der Waals surface area contributed by atoms with Gasteiger partial charge in [-0.1, -0.05) is 65.0 Å². The number of aromatic nitrogens is 3. The minimum absolute atomic E-state index is 0.0363. The average Bonchev–Trinajstić information content (AvgIpc) is 3.51. The van der Waals surface area contributed by atoms with Crippen LogP contribution in [-0.4, -0.2) is 38.6 Å². The quantitative estimate of drug-likeness (QED) is 0.0926. The van der Waals surface area contributed by atoms with Gasteiger partial charge in [0.25, 0.3) is 5.78 Å². The third-order valence-corrected chi connectivity index (χ3v) is 8.29. The number of carbonyl (C=O) groups is 2. The summed E-state index contributed by atoms with van der Waals surface area (Å²) in [5.41, 5.74) is 1.90. The molecule has 1 unspecified atom stereocenters. The third-order valence-electron chi connectivity index (χ3n) is 5.82. The predicted molar refractivity (Wildman–Crippen MR) is 148 cm³/mol. The number of ketones is 1. The van der Waals surface area contributed by atoms with E-state index in [9.17, 15) is 14.7 Å². The molecule has 0 radical (unpaired) electrons. The molecule has 1 saturated heterocycles. The zero-order valence-electron chi connectivity index (χ0n) is 20.1. The van der Waals surface area contributed by atoms with Crippen LogP contribution >= 0.6 is 34.7 Å². The first-order valence-electron chi connectivity index (χ1n) is 11.6. The van der Waals surface area contributed by atoms with Gasteiger partial charge >= 0.3 is 5.91 Å². The molecule has 2 aromatic heterocycles. The Morgan fingerprint density at radius 1 is 1.08 bits per heavy atom. The Kier molecular flexibility index (Phi) is 7.73. The summed E-state index contributed by atoms with van der Waals surface area (Å²) in [7, 11) is 0. The van der Waals surface area contributed by atoms with E-state index in [0.29, 0.717) is 38.6 Å². The highest BCUT2D eigenvalue weighted by Crippen LogP contribution is 2.44. The van der Waals surface area contributed by atoms with E-state index in [0.717, 1.165) is 5.56 Å². The number of anilines is 1. The second-order valence-corrected chi connectivity index (χ2v) is 10.7. The molecule has 192 valence electrons. The maximum atomic E-state index is 13.3. The molecule has 2 aromatic carbocycles. The van der Waals surface area contributed by atoms with Crippen molar-refractivity contribution in [1.29, 1.82) is 0 Å². The predicted octanol–water partition coefficient (Wildman–Crippen LogP) is 5.90. The van der Waals surface area contributed by atoms with E-state index in [1.165, 1.54) is 40.4 Å². The van der Waals surface area contributed by atoms with E-state index >= 15 is 0 Å². The number of aliphatic hydroxyl groups is 1. The lowest BCUT2D eigenvalue weighted by Gasteiger charge is -2.22. The van der Waals surface area contributed by atoms with E-state index in [4.69, 9.17) is 16.3 Å². The Balaban J connectivity index is 1.53. The Labute approximate surface area is 232 Å². The maximum absolute atomic E-state index is 13.3. The van der Waals surface area contributed by atoms with E-state index in [2.05, 4.69) is 15.2 Å². The van der Waals surface area contributed by atoms with Crippen molar-refractivity contribution in [3.8, 4) is 5.75 Å². The van der Waals surface area contributed by atoms with Crippen molar-refractivity contribution in [2.24, 2.45) is 0 Å². The number of amides is 1. The van der Waals surface area contributed by atoms with Crippen LogP contribution < -0.4 is 9.64 Å². The van der Waals surface area contributed by atoms with Crippen LogP contribution in [0.15, 0.2) is 83.0 Å². The second-order valence-electron chi connectivity index (χ2n) is 8.14. The van der Waals surface area contributed by atoms with Crippen LogP contribution in [0.4, 0.5) is 5.13 Å². The van der Waals surface area contributed by atoms with E-state index in [1.807, 2.05) is 31.2 Å². The molecule has 1 aliphatic rings. The normalized spacial score (nSPS) is 16.7. The fourth-order valence-corrected chi connectivity index (χ4v) is 6.19. The zero-order valence-corrected chi connectivity index (χ0v) is 22.5. The summed E-state index contributed by atoms with van der Waals surface area (Å²) < 4.78 is 6.16. The van der Waals surface area contributed by atoms with Gasteiger partial charge in [-0.3, -0.25) is 19.5 Å². The highest BCUT2D eigenvalue weighted by atomic mass is 35.5. The molecule has 8 nitrogen and oxygen atoms in total. The number of pyridine rings is 1. The Morgan fingerprint density at radius 3 is 2.53 bits per heavy atom. The highest BCUT2D eigenvalue weighted by molar-refractivity contribution is 8.00. The fourth-order valence-electron chi connectivity index (χ4n) is 4.04. The van der Waals surface area contributed by atoms with Crippen molar-refractivity contribution in [3.63, 3.8) is 0 Å². The molecule has 0 bridgehead atoms. The Bertz CT molecular complexity index is 1510. The van der Waals surface area contributed by atoms with Gasteiger partial charge in [-0.2, -0.15) is 0 Å². The lowest BCUT2D eigenvalue weighted by molar-refractivity contribution is -0.132. The number of hydrogen-bond acceptors (Lipinski definition) is 9. The van der Waals surface area contributed by atoms with Gasteiger partial charge in [0.2, 0.25) is 5.13 Å². The molecule has 38 heavy (non-hydrogen) atoms. The number of nitrogens with zero attached hydrogens (tertiary/aromatic N) is 4. The number of carbonyl (C=O) groups excluding carboxylic acids is 2. The monoisotopic (exact) mass is 564 g/mol. The van der Waals surface area contributed by atoms with Gasteiger partial charge < -0.3 is 9.84 Å². The number of rotatable bonds is 8. The molecular weight excluding hydrogens is 544 g/mol. The lowest BCUT2D eigenvalue weighted by atomic mass is 9.95. The molecule has 0 spiro atoms. The Hall–Kier alpha value is -3.73. The molecule has 5 rings (SSSR count). The summed E-state index contributed by atoms with van der Waals surface area (Å²) in [4.78, 5) is 31.9. The van der Waals surface area contributed by atoms with Crippen LogP contribution in [0.1, 0.15) is 29.7 Å². The zero-order chi connectivity index (χ0) is 26.6. The van der Waals surface area contributed by atoms with E-state index < -0.39 is 17.7 Å². The van der Waals surface area contributed by atoms with E-state index in [1.54, 1.807) is 36.4 Å². The molecule has 0 saturated carbocycles. The van der Waals surface area contributed by atoms with Crippen molar-refractivity contribution in [2.45, 2.75) is 23.1 Å². The number of Topliss-reactive ketones (excluding diaryl/α,β-unsaturated/α-hetero) is 1. The second kappa shape index (κ2) is 11.3. The summed E-state index contributed by atoms with van der Waals surface area (Å²) in [5.74, 6) is -0.671. The average molecular weight is 565 g/mol. The minimum atomic E-state index is -0.909. The van der Waals surface area contributed by atoms with Gasteiger partial charge in [0.05, 0.1) is 18.2 Å². The number of ether oxygens (including phenoxy) is 1. The van der Waals surface area contributed by atoms with Crippen molar-refractivity contribution >= 4 is 57.3 Å². The molecule has 4 aromatic rings. The summed E-state index contributed by atoms with van der Waals surface area (Å²) >= 11 is 8.89. The topological polar surface area (TPSA) is 106 Å². The molecule has 0 aliphatic carbocycles. The smallest absolute Gasteiger partial charge is 0.301 e. The van der Waals surface area contributed by atoms with Crippen LogP contribution in [0, 0.1) is 0 Å². The van der Waals surface area contributed by atoms with Crippen molar-refractivity contribution in [1.82, 2.24) is 15.2 Å². The molecule has 3 heterocycles. The van der Waals surface area contributed by atoms with Crippen molar-refractivity contribution < 1.29 is 19.4 Å². The Morgan fingerprint density at radius 2 is 1.82 bits per heavy atom. The largest absolute Gasteiger partial charge is 0.507 e. The highest BCUT2D eigenvalue weighted by Gasteiger charge is 2.48. The van der Waals surface area contributed by atoms with Gasteiger partial charge in [0, 0.05) is 28.7 Å². The summed E-state index contributed by atoms with van der Waals surface area (Å²) in [6.07, 6.45) is 3.01. The van der Waals surface area contributed by atoms with Gasteiger partial charge in [-0.05, 0) is 48.4 Å². The number of hydrogen-bond donors (Lipinski definition) is 1. The van der Waals surface area contributed by atoms with Crippen molar-refractivity contribution in [2.75, 3.05) is 11.5 Å². The van der Waals surface area contributed by atoms with Crippen LogP contribution in [0.2, 0.25) is 5.02 Å². The first-order valence-corrected chi connectivity index (χ1v) is 13.8. The van der Waals surface area contributed by atoms with E-state index in [-0.39, 0.29) is 16.5 Å². The number of halogens is 1. The number of benzene rings is 2. The summed E-state index contributed by atoms with van der Waals surface area (Å²) in [5, 5.41) is 20.5.